The molecule has 1 aliphatic carbocycles. The van der Waals surface area contributed by atoms with E-state index in [-0.39, 0.29) is 32.7 Å². The van der Waals surface area contributed by atoms with Crippen LogP contribution in [0.3, 0.4) is 0 Å². The second-order valence-electron chi connectivity index (χ2n) is 4.87. The van der Waals surface area contributed by atoms with Gasteiger partial charge in [-0.05, 0) is 0 Å². The molecule has 1 unspecified atom stereocenters. The Kier molecular flexibility index (Phi) is 7.26. The van der Waals surface area contributed by atoms with Gasteiger partial charge in [0.15, 0.2) is 0 Å². The summed E-state index contributed by atoms with van der Waals surface area (Å²) in [4.78, 5) is 0. The van der Waals surface area contributed by atoms with E-state index in [1.807, 2.05) is 0 Å². The third kappa shape index (κ3) is 3.97. The Labute approximate surface area is 137 Å². The molecule has 0 bridgehead atoms. The smallest absolute Gasteiger partial charge is 0 e. The monoisotopic (exact) mass is 315 g/mol. The Morgan fingerprint density at radius 3 is 2.44 bits per heavy atom. The standard InChI is InChI=1S/C17H22.Y/c1-3-9-17(15-11-5-4-6-12-15)16-13-8-7-10-14(16)2;/h4-6,9,11-12,17H,2-3,7-8,10,13H2,1H3;/q-2;. The predicted molar refractivity (Wildman–Crippen MR) is 74.6 cm³/mol. The zero-order valence-electron chi connectivity index (χ0n) is 11.4. The van der Waals surface area contributed by atoms with Gasteiger partial charge in [0.05, 0.1) is 0 Å². The number of allylic oxidation sites excluding steroid dienone is 2. The molecule has 0 amide bonds. The van der Waals surface area contributed by atoms with Crippen LogP contribution in [0.25, 0.3) is 0 Å². The second kappa shape index (κ2) is 8.17. The van der Waals surface area contributed by atoms with Crippen molar-refractivity contribution in [3.8, 4) is 0 Å². The van der Waals surface area contributed by atoms with Crippen molar-refractivity contribution in [2.45, 2.75) is 44.9 Å². The van der Waals surface area contributed by atoms with Crippen molar-refractivity contribution in [2.75, 3.05) is 0 Å². The van der Waals surface area contributed by atoms with Gasteiger partial charge in [-0.2, -0.15) is 12.3 Å². The molecule has 1 atom stereocenters. The van der Waals surface area contributed by atoms with Crippen LogP contribution in [0.5, 0.6) is 0 Å². The van der Waals surface area contributed by atoms with Gasteiger partial charge in [0, 0.05) is 32.7 Å². The van der Waals surface area contributed by atoms with E-state index >= 15 is 0 Å². The fourth-order valence-electron chi connectivity index (χ4n) is 2.74. The quantitative estimate of drug-likeness (QED) is 0.679. The second-order valence-corrected chi connectivity index (χ2v) is 4.87. The van der Waals surface area contributed by atoms with E-state index in [4.69, 9.17) is 0 Å². The zero-order valence-corrected chi connectivity index (χ0v) is 14.2. The number of benzene rings is 1. The van der Waals surface area contributed by atoms with Gasteiger partial charge < -0.3 is 6.42 Å². The Morgan fingerprint density at radius 1 is 1.17 bits per heavy atom. The van der Waals surface area contributed by atoms with Crippen LogP contribution >= 0.6 is 0 Å². The Morgan fingerprint density at radius 2 is 1.83 bits per heavy atom. The molecule has 1 heteroatoms. The van der Waals surface area contributed by atoms with E-state index in [0.717, 1.165) is 6.42 Å². The molecule has 1 radical (unpaired) electrons. The maximum atomic E-state index is 4.27. The molecule has 2 rings (SSSR count). The third-order valence-electron chi connectivity index (χ3n) is 3.63. The first-order valence-electron chi connectivity index (χ1n) is 6.75. The summed E-state index contributed by atoms with van der Waals surface area (Å²) in [6.07, 6.45) is 8.62. The van der Waals surface area contributed by atoms with Gasteiger partial charge >= 0.3 is 0 Å². The normalized spacial score (nSPS) is 17.2. The topological polar surface area (TPSA) is 0 Å². The molecule has 0 spiro atoms. The Bertz CT molecular complexity index is 378. The zero-order chi connectivity index (χ0) is 12.1. The van der Waals surface area contributed by atoms with Gasteiger partial charge in [-0.1, -0.05) is 62.1 Å². The molecule has 1 aromatic rings. The molecule has 0 N–H and O–H groups in total. The fourth-order valence-corrected chi connectivity index (χ4v) is 2.74. The van der Waals surface area contributed by atoms with Gasteiger partial charge in [-0.3, -0.25) is 0 Å². The van der Waals surface area contributed by atoms with Crippen LogP contribution in [0.1, 0.15) is 50.5 Å². The SMILES string of the molecule is [CH2-]C1=C(C([CH-]CC)c2ccccc2)CCCC1.[Y]. The molecule has 0 heterocycles. The molecule has 1 aliphatic rings. The molecule has 0 aromatic heterocycles. The van der Waals surface area contributed by atoms with E-state index in [2.05, 4.69) is 50.6 Å². The molecule has 0 nitrogen and oxygen atoms in total. The van der Waals surface area contributed by atoms with Crippen molar-refractivity contribution >= 4 is 0 Å². The molecule has 95 valence electrons. The van der Waals surface area contributed by atoms with Crippen molar-refractivity contribution in [3.63, 3.8) is 0 Å². The molecule has 18 heavy (non-hydrogen) atoms. The van der Waals surface area contributed by atoms with Crippen LogP contribution in [-0.4, -0.2) is 0 Å². The van der Waals surface area contributed by atoms with Crippen molar-refractivity contribution in [2.24, 2.45) is 0 Å². The summed E-state index contributed by atoms with van der Waals surface area (Å²) in [7, 11) is 0. The van der Waals surface area contributed by atoms with Crippen LogP contribution < -0.4 is 0 Å². The third-order valence-corrected chi connectivity index (χ3v) is 3.63. The minimum atomic E-state index is 0. The van der Waals surface area contributed by atoms with Crippen molar-refractivity contribution in [1.29, 1.82) is 0 Å². The van der Waals surface area contributed by atoms with Gasteiger partial charge in [0.2, 0.25) is 0 Å². The molecule has 0 saturated carbocycles. The van der Waals surface area contributed by atoms with Crippen molar-refractivity contribution in [1.82, 2.24) is 0 Å². The summed E-state index contributed by atoms with van der Waals surface area (Å²) in [5.41, 5.74) is 4.38. The maximum absolute atomic E-state index is 4.27. The van der Waals surface area contributed by atoms with Crippen molar-refractivity contribution < 1.29 is 32.7 Å². The maximum Gasteiger partial charge on any atom is 0 e. The number of rotatable bonds is 4. The predicted octanol–water partition coefficient (Wildman–Crippen LogP) is 5.09. The molecular formula is C17H22Y-2. The molecule has 0 saturated heterocycles. The Balaban J connectivity index is 0.00000162. The van der Waals surface area contributed by atoms with Crippen LogP contribution in [0.15, 0.2) is 41.5 Å². The number of hydrogen-bond donors (Lipinski definition) is 0. The van der Waals surface area contributed by atoms with E-state index in [1.165, 1.54) is 36.8 Å². The summed E-state index contributed by atoms with van der Waals surface area (Å²) in [5.74, 6) is 0.494. The first kappa shape index (κ1) is 16.0. The number of hydrogen-bond acceptors (Lipinski definition) is 0. The van der Waals surface area contributed by atoms with E-state index in [0.29, 0.717) is 5.92 Å². The van der Waals surface area contributed by atoms with E-state index in [9.17, 15) is 0 Å². The van der Waals surface area contributed by atoms with Gasteiger partial charge in [0.25, 0.3) is 0 Å². The minimum absolute atomic E-state index is 0. The fraction of sp³-hybridized carbons (Fsp3) is 0.412. The summed E-state index contributed by atoms with van der Waals surface area (Å²) in [6.45, 7) is 6.49. The van der Waals surface area contributed by atoms with E-state index < -0.39 is 0 Å². The first-order chi connectivity index (χ1) is 8.33. The van der Waals surface area contributed by atoms with Crippen molar-refractivity contribution in [3.05, 3.63) is 60.4 Å². The molecular weight excluding hydrogens is 293 g/mol. The Hall–Kier alpha value is -0.0661. The molecule has 0 aliphatic heterocycles. The van der Waals surface area contributed by atoms with Gasteiger partial charge in [0.1, 0.15) is 0 Å². The molecule has 0 fully saturated rings. The minimum Gasteiger partial charge on any atom is -0.334 e. The van der Waals surface area contributed by atoms with E-state index in [1.54, 1.807) is 5.57 Å². The summed E-state index contributed by atoms with van der Waals surface area (Å²) < 4.78 is 0. The summed E-state index contributed by atoms with van der Waals surface area (Å²) in [6, 6.07) is 10.8. The van der Waals surface area contributed by atoms with Gasteiger partial charge in [-0.25, -0.2) is 18.1 Å². The first-order valence-corrected chi connectivity index (χ1v) is 6.75. The average molecular weight is 315 g/mol. The van der Waals surface area contributed by atoms with Crippen LogP contribution in [-0.2, 0) is 32.7 Å². The van der Waals surface area contributed by atoms with Crippen LogP contribution in [0.2, 0.25) is 0 Å². The molecule has 1 aromatic carbocycles. The average Bonchev–Trinajstić information content (AvgIpc) is 2.38. The van der Waals surface area contributed by atoms with Gasteiger partial charge in [-0.15, -0.1) is 6.42 Å². The largest absolute Gasteiger partial charge is 0.334 e. The van der Waals surface area contributed by atoms with Crippen LogP contribution in [0.4, 0.5) is 0 Å². The summed E-state index contributed by atoms with van der Waals surface area (Å²) in [5, 5.41) is 0. The summed E-state index contributed by atoms with van der Waals surface area (Å²) >= 11 is 0. The van der Waals surface area contributed by atoms with Crippen LogP contribution in [0, 0.1) is 13.3 Å².